The van der Waals surface area contributed by atoms with Gasteiger partial charge in [0, 0.05) is 12.6 Å². The molecular weight excluding hydrogens is 132 g/mol. The summed E-state index contributed by atoms with van der Waals surface area (Å²) in [6.45, 7) is 2.52. The lowest BCUT2D eigenvalue weighted by Crippen LogP contribution is -2.58. The standard InChI is InChI=1S/C6H12N2O2/c1-4-2-7-5(3-9)6(10)8-4/h4-5,7,9H,2-3H2,1H3,(H,8,10). The fourth-order valence-corrected chi connectivity index (χ4v) is 0.954. The van der Waals surface area contributed by atoms with Gasteiger partial charge in [-0.05, 0) is 6.92 Å². The van der Waals surface area contributed by atoms with Crippen LogP contribution in [0, 0.1) is 0 Å². The van der Waals surface area contributed by atoms with Crippen LogP contribution in [0.25, 0.3) is 0 Å². The van der Waals surface area contributed by atoms with Crippen LogP contribution in [-0.2, 0) is 4.79 Å². The zero-order valence-electron chi connectivity index (χ0n) is 5.92. The van der Waals surface area contributed by atoms with Crippen LogP contribution in [0.1, 0.15) is 6.92 Å². The summed E-state index contributed by atoms with van der Waals surface area (Å²) in [4.78, 5) is 10.9. The zero-order valence-corrected chi connectivity index (χ0v) is 5.92. The average molecular weight is 144 g/mol. The molecule has 2 unspecified atom stereocenters. The van der Waals surface area contributed by atoms with E-state index in [9.17, 15) is 4.79 Å². The van der Waals surface area contributed by atoms with Crippen LogP contribution < -0.4 is 10.6 Å². The topological polar surface area (TPSA) is 61.4 Å². The summed E-state index contributed by atoms with van der Waals surface area (Å²) in [5.74, 6) is -0.110. The molecule has 0 aromatic heterocycles. The molecule has 1 saturated heterocycles. The molecule has 4 heteroatoms. The molecule has 2 atom stereocenters. The van der Waals surface area contributed by atoms with E-state index in [0.717, 1.165) is 6.54 Å². The number of rotatable bonds is 1. The highest BCUT2D eigenvalue weighted by molar-refractivity contribution is 5.82. The number of amides is 1. The van der Waals surface area contributed by atoms with Crippen LogP contribution in [0.15, 0.2) is 0 Å². The predicted molar refractivity (Wildman–Crippen MR) is 36.5 cm³/mol. The number of piperazine rings is 1. The molecule has 1 aliphatic heterocycles. The van der Waals surface area contributed by atoms with E-state index in [-0.39, 0.29) is 18.6 Å². The maximum absolute atomic E-state index is 10.9. The van der Waals surface area contributed by atoms with E-state index < -0.39 is 6.04 Å². The number of aliphatic hydroxyl groups is 1. The number of aliphatic hydroxyl groups excluding tert-OH is 1. The molecule has 1 rings (SSSR count). The Balaban J connectivity index is 2.43. The maximum Gasteiger partial charge on any atom is 0.239 e. The van der Waals surface area contributed by atoms with Crippen LogP contribution in [0.2, 0.25) is 0 Å². The Morgan fingerprint density at radius 1 is 1.80 bits per heavy atom. The molecule has 58 valence electrons. The minimum absolute atomic E-state index is 0.110. The van der Waals surface area contributed by atoms with Crippen molar-refractivity contribution in [1.82, 2.24) is 10.6 Å². The SMILES string of the molecule is CC1CNC(CO)C(=O)N1. The first-order valence-electron chi connectivity index (χ1n) is 3.38. The summed E-state index contributed by atoms with van der Waals surface area (Å²) in [5.41, 5.74) is 0. The summed E-state index contributed by atoms with van der Waals surface area (Å²) < 4.78 is 0. The molecule has 0 aromatic rings. The van der Waals surface area contributed by atoms with E-state index in [1.807, 2.05) is 6.92 Å². The van der Waals surface area contributed by atoms with Gasteiger partial charge in [0.25, 0.3) is 0 Å². The number of hydrogen-bond donors (Lipinski definition) is 3. The maximum atomic E-state index is 10.9. The van der Waals surface area contributed by atoms with E-state index in [1.54, 1.807) is 0 Å². The van der Waals surface area contributed by atoms with Crippen LogP contribution in [-0.4, -0.2) is 36.2 Å². The van der Waals surface area contributed by atoms with Crippen LogP contribution in [0.4, 0.5) is 0 Å². The van der Waals surface area contributed by atoms with E-state index in [1.165, 1.54) is 0 Å². The van der Waals surface area contributed by atoms with Gasteiger partial charge in [-0.25, -0.2) is 0 Å². The van der Waals surface area contributed by atoms with Gasteiger partial charge in [0.05, 0.1) is 6.61 Å². The first kappa shape index (κ1) is 7.50. The zero-order chi connectivity index (χ0) is 7.56. The van der Waals surface area contributed by atoms with Gasteiger partial charge in [-0.2, -0.15) is 0 Å². The quantitative estimate of drug-likeness (QED) is 0.418. The van der Waals surface area contributed by atoms with Crippen LogP contribution >= 0.6 is 0 Å². The minimum atomic E-state index is -0.406. The summed E-state index contributed by atoms with van der Waals surface area (Å²) in [6.07, 6.45) is 0. The lowest BCUT2D eigenvalue weighted by atomic mass is 10.2. The van der Waals surface area contributed by atoms with Gasteiger partial charge in [-0.15, -0.1) is 0 Å². The number of carbonyl (C=O) groups excluding carboxylic acids is 1. The van der Waals surface area contributed by atoms with Gasteiger partial charge < -0.3 is 15.7 Å². The highest BCUT2D eigenvalue weighted by Crippen LogP contribution is 1.92. The monoisotopic (exact) mass is 144 g/mol. The fourth-order valence-electron chi connectivity index (χ4n) is 0.954. The van der Waals surface area contributed by atoms with Gasteiger partial charge >= 0.3 is 0 Å². The van der Waals surface area contributed by atoms with Crippen LogP contribution in [0.3, 0.4) is 0 Å². The lowest BCUT2D eigenvalue weighted by Gasteiger charge is -2.26. The molecule has 0 spiro atoms. The van der Waals surface area contributed by atoms with E-state index in [4.69, 9.17) is 5.11 Å². The van der Waals surface area contributed by atoms with Crippen molar-refractivity contribution in [2.45, 2.75) is 19.0 Å². The molecule has 4 nitrogen and oxygen atoms in total. The summed E-state index contributed by atoms with van der Waals surface area (Å²) in [6, 6.07) is -0.230. The second-order valence-corrected chi connectivity index (χ2v) is 2.55. The molecule has 1 heterocycles. The van der Waals surface area contributed by atoms with Crippen molar-refractivity contribution in [3.63, 3.8) is 0 Å². The second kappa shape index (κ2) is 2.98. The molecular formula is C6H12N2O2. The first-order chi connectivity index (χ1) is 4.74. The van der Waals surface area contributed by atoms with Crippen molar-refractivity contribution in [2.24, 2.45) is 0 Å². The lowest BCUT2D eigenvalue weighted by molar-refractivity contribution is -0.126. The van der Waals surface area contributed by atoms with Gasteiger partial charge in [0.2, 0.25) is 5.91 Å². The first-order valence-corrected chi connectivity index (χ1v) is 3.38. The molecule has 1 aliphatic rings. The molecule has 0 radical (unpaired) electrons. The van der Waals surface area contributed by atoms with Crippen molar-refractivity contribution in [2.75, 3.05) is 13.2 Å². The normalized spacial score (nSPS) is 33.6. The highest BCUT2D eigenvalue weighted by atomic mass is 16.3. The third-order valence-electron chi connectivity index (χ3n) is 1.56. The Hall–Kier alpha value is -0.610. The smallest absolute Gasteiger partial charge is 0.239 e. The molecule has 10 heavy (non-hydrogen) atoms. The van der Waals surface area contributed by atoms with Gasteiger partial charge in [0.15, 0.2) is 0 Å². The van der Waals surface area contributed by atoms with Crippen molar-refractivity contribution >= 4 is 5.91 Å². The third kappa shape index (κ3) is 1.46. The van der Waals surface area contributed by atoms with E-state index >= 15 is 0 Å². The van der Waals surface area contributed by atoms with Gasteiger partial charge in [-0.1, -0.05) is 0 Å². The largest absolute Gasteiger partial charge is 0.394 e. The van der Waals surface area contributed by atoms with E-state index in [0.29, 0.717) is 0 Å². The van der Waals surface area contributed by atoms with Gasteiger partial charge in [0.1, 0.15) is 6.04 Å². The Morgan fingerprint density at radius 3 is 3.00 bits per heavy atom. The molecule has 0 aliphatic carbocycles. The average Bonchev–Trinajstić information content (AvgIpc) is 1.88. The molecule has 0 bridgehead atoms. The number of nitrogens with one attached hydrogen (secondary N) is 2. The summed E-state index contributed by atoms with van der Waals surface area (Å²) >= 11 is 0. The molecule has 0 saturated carbocycles. The van der Waals surface area contributed by atoms with Crippen molar-refractivity contribution in [1.29, 1.82) is 0 Å². The van der Waals surface area contributed by atoms with Crippen molar-refractivity contribution < 1.29 is 9.90 Å². The Kier molecular flexibility index (Phi) is 2.24. The molecule has 1 fully saturated rings. The summed E-state index contributed by atoms with van der Waals surface area (Å²) in [7, 11) is 0. The van der Waals surface area contributed by atoms with Crippen molar-refractivity contribution in [3.05, 3.63) is 0 Å². The molecule has 0 aromatic carbocycles. The molecule has 3 N–H and O–H groups in total. The number of hydrogen-bond acceptors (Lipinski definition) is 3. The fraction of sp³-hybridized carbons (Fsp3) is 0.833. The Labute approximate surface area is 59.6 Å². The predicted octanol–water partition coefficient (Wildman–Crippen LogP) is -1.54. The third-order valence-corrected chi connectivity index (χ3v) is 1.56. The van der Waals surface area contributed by atoms with Gasteiger partial charge in [-0.3, -0.25) is 4.79 Å². The second-order valence-electron chi connectivity index (χ2n) is 2.55. The van der Waals surface area contributed by atoms with E-state index in [2.05, 4.69) is 10.6 Å². The van der Waals surface area contributed by atoms with Crippen LogP contribution in [0.5, 0.6) is 0 Å². The highest BCUT2D eigenvalue weighted by Gasteiger charge is 2.23. The Bertz CT molecular complexity index is 138. The van der Waals surface area contributed by atoms with Crippen molar-refractivity contribution in [3.8, 4) is 0 Å². The number of carbonyl (C=O) groups is 1. The minimum Gasteiger partial charge on any atom is -0.394 e. The summed E-state index contributed by atoms with van der Waals surface area (Å²) in [5, 5.41) is 14.2. The molecule has 1 amide bonds. The Morgan fingerprint density at radius 2 is 2.50 bits per heavy atom.